The Hall–Kier alpha value is -0.960. The first-order chi connectivity index (χ1) is 8.26. The zero-order chi connectivity index (χ0) is 13.9. The summed E-state index contributed by atoms with van der Waals surface area (Å²) in [4.78, 5) is 10.3. The number of nitrogens with one attached hydrogen (secondary N) is 1. The zero-order valence-corrected chi connectivity index (χ0v) is 12.2. The number of nitro benzene ring substituents is 1. The third kappa shape index (κ3) is 3.77. The molecule has 0 heterocycles. The van der Waals surface area contributed by atoms with E-state index in [9.17, 15) is 19.6 Å². The average molecular weight is 368 g/mol. The van der Waals surface area contributed by atoms with Crippen molar-refractivity contribution in [1.82, 2.24) is 0 Å². The SMILES string of the molecule is CCC(C)(O)CNc1cc(F)c(I)cc1[N+](=O)[O-]. The second-order valence-corrected chi connectivity index (χ2v) is 5.41. The van der Waals surface area contributed by atoms with Crippen LogP contribution in [0.15, 0.2) is 12.1 Å². The van der Waals surface area contributed by atoms with Crippen LogP contribution >= 0.6 is 22.6 Å². The van der Waals surface area contributed by atoms with E-state index in [1.807, 2.05) is 0 Å². The molecule has 7 heteroatoms. The molecule has 2 N–H and O–H groups in total. The summed E-state index contributed by atoms with van der Waals surface area (Å²) in [5, 5.41) is 23.4. The highest BCUT2D eigenvalue weighted by Gasteiger charge is 2.21. The minimum Gasteiger partial charge on any atom is -0.388 e. The van der Waals surface area contributed by atoms with Gasteiger partial charge in [0.05, 0.1) is 14.1 Å². The molecule has 1 aromatic carbocycles. The Balaban J connectivity index is 3.01. The molecule has 0 radical (unpaired) electrons. The molecule has 0 bridgehead atoms. The summed E-state index contributed by atoms with van der Waals surface area (Å²) in [6, 6.07) is 2.24. The molecule has 100 valence electrons. The Morgan fingerprint density at radius 3 is 2.72 bits per heavy atom. The van der Waals surface area contributed by atoms with Gasteiger partial charge < -0.3 is 10.4 Å². The molecule has 0 spiro atoms. The van der Waals surface area contributed by atoms with Gasteiger partial charge in [-0.2, -0.15) is 0 Å². The van der Waals surface area contributed by atoms with E-state index in [-0.39, 0.29) is 21.5 Å². The fraction of sp³-hybridized carbons (Fsp3) is 0.455. The summed E-state index contributed by atoms with van der Waals surface area (Å²) < 4.78 is 13.6. The van der Waals surface area contributed by atoms with E-state index in [0.717, 1.165) is 6.07 Å². The summed E-state index contributed by atoms with van der Waals surface area (Å²) in [5.74, 6) is -0.528. The molecular formula is C11H14FIN2O3. The predicted octanol–water partition coefficient (Wildman–Crippen LogP) is 2.91. The van der Waals surface area contributed by atoms with Crippen molar-refractivity contribution >= 4 is 34.0 Å². The quantitative estimate of drug-likeness (QED) is 0.476. The lowest BCUT2D eigenvalue weighted by atomic mass is 10.0. The third-order valence-electron chi connectivity index (χ3n) is 2.66. The van der Waals surface area contributed by atoms with Crippen molar-refractivity contribution in [3.63, 3.8) is 0 Å². The van der Waals surface area contributed by atoms with Gasteiger partial charge in [0.15, 0.2) is 0 Å². The van der Waals surface area contributed by atoms with Crippen LogP contribution in [0.5, 0.6) is 0 Å². The van der Waals surface area contributed by atoms with Gasteiger partial charge in [-0.05, 0) is 35.9 Å². The fourth-order valence-corrected chi connectivity index (χ4v) is 1.69. The van der Waals surface area contributed by atoms with Crippen LogP contribution in [0.2, 0.25) is 0 Å². The largest absolute Gasteiger partial charge is 0.388 e. The van der Waals surface area contributed by atoms with Gasteiger partial charge in [0.25, 0.3) is 5.69 Å². The Morgan fingerprint density at radius 1 is 1.61 bits per heavy atom. The van der Waals surface area contributed by atoms with Gasteiger partial charge in [0.1, 0.15) is 11.5 Å². The highest BCUT2D eigenvalue weighted by Crippen LogP contribution is 2.29. The van der Waals surface area contributed by atoms with E-state index in [1.165, 1.54) is 6.07 Å². The zero-order valence-electron chi connectivity index (χ0n) is 10.0. The number of rotatable bonds is 5. The van der Waals surface area contributed by atoms with E-state index >= 15 is 0 Å². The number of hydrogen-bond acceptors (Lipinski definition) is 4. The van der Waals surface area contributed by atoms with Gasteiger partial charge in [-0.3, -0.25) is 10.1 Å². The molecule has 5 nitrogen and oxygen atoms in total. The molecular weight excluding hydrogens is 354 g/mol. The molecule has 0 aliphatic heterocycles. The first-order valence-electron chi connectivity index (χ1n) is 5.36. The Labute approximate surface area is 118 Å². The number of benzene rings is 1. The molecule has 0 aliphatic rings. The number of nitrogens with zero attached hydrogens (tertiary/aromatic N) is 1. The van der Waals surface area contributed by atoms with Crippen molar-refractivity contribution in [1.29, 1.82) is 0 Å². The van der Waals surface area contributed by atoms with Crippen LogP contribution in [0.4, 0.5) is 15.8 Å². The summed E-state index contributed by atoms with van der Waals surface area (Å²) >= 11 is 1.70. The summed E-state index contributed by atoms with van der Waals surface area (Å²) in [7, 11) is 0. The van der Waals surface area contributed by atoms with E-state index in [1.54, 1.807) is 36.4 Å². The lowest BCUT2D eigenvalue weighted by molar-refractivity contribution is -0.384. The van der Waals surface area contributed by atoms with E-state index in [2.05, 4.69) is 5.32 Å². The van der Waals surface area contributed by atoms with Crippen molar-refractivity contribution < 1.29 is 14.4 Å². The summed E-state index contributed by atoms with van der Waals surface area (Å²) in [6.45, 7) is 3.52. The van der Waals surface area contributed by atoms with Gasteiger partial charge in [-0.15, -0.1) is 0 Å². The Morgan fingerprint density at radius 2 is 2.22 bits per heavy atom. The van der Waals surface area contributed by atoms with Gasteiger partial charge >= 0.3 is 0 Å². The van der Waals surface area contributed by atoms with E-state index in [4.69, 9.17) is 0 Å². The Kier molecular flexibility index (Phi) is 4.85. The standard InChI is InChI=1S/C11H14FIN2O3/c1-3-11(2,16)6-14-9-4-7(12)8(13)5-10(9)15(17)18/h4-5,14,16H,3,6H2,1-2H3. The van der Waals surface area contributed by atoms with Gasteiger partial charge in [-0.25, -0.2) is 4.39 Å². The van der Waals surface area contributed by atoms with Crippen molar-refractivity contribution in [3.8, 4) is 0 Å². The number of nitro groups is 1. The first kappa shape index (κ1) is 15.1. The first-order valence-corrected chi connectivity index (χ1v) is 6.44. The molecule has 1 aromatic rings. The van der Waals surface area contributed by atoms with Crippen molar-refractivity contribution in [3.05, 3.63) is 31.6 Å². The van der Waals surface area contributed by atoms with Gasteiger partial charge in [0.2, 0.25) is 0 Å². The normalized spacial score (nSPS) is 14.1. The maximum atomic E-state index is 13.4. The molecule has 1 rings (SSSR count). The smallest absolute Gasteiger partial charge is 0.293 e. The molecule has 0 saturated heterocycles. The Bertz CT molecular complexity index is 466. The van der Waals surface area contributed by atoms with Crippen LogP contribution in [0, 0.1) is 19.5 Å². The van der Waals surface area contributed by atoms with Crippen LogP contribution in [0.25, 0.3) is 0 Å². The topological polar surface area (TPSA) is 75.4 Å². The molecule has 0 aliphatic carbocycles. The van der Waals surface area contributed by atoms with Crippen LogP contribution < -0.4 is 5.32 Å². The molecule has 0 amide bonds. The van der Waals surface area contributed by atoms with Crippen LogP contribution in [-0.2, 0) is 0 Å². The summed E-state index contributed by atoms with van der Waals surface area (Å²) in [6.07, 6.45) is 0.487. The second-order valence-electron chi connectivity index (χ2n) is 4.24. The van der Waals surface area contributed by atoms with Crippen molar-refractivity contribution in [2.75, 3.05) is 11.9 Å². The molecule has 1 unspecified atom stereocenters. The molecule has 18 heavy (non-hydrogen) atoms. The second kappa shape index (κ2) is 5.79. The van der Waals surface area contributed by atoms with E-state index < -0.39 is 16.3 Å². The monoisotopic (exact) mass is 368 g/mol. The lowest BCUT2D eigenvalue weighted by Gasteiger charge is -2.22. The predicted molar refractivity (Wildman–Crippen MR) is 75.2 cm³/mol. The lowest BCUT2D eigenvalue weighted by Crippen LogP contribution is -2.32. The van der Waals surface area contributed by atoms with Crippen molar-refractivity contribution in [2.45, 2.75) is 25.9 Å². The fourth-order valence-electron chi connectivity index (χ4n) is 1.24. The highest BCUT2D eigenvalue weighted by atomic mass is 127. The number of halogens is 2. The number of aliphatic hydroxyl groups is 1. The third-order valence-corrected chi connectivity index (χ3v) is 3.48. The maximum absolute atomic E-state index is 13.4. The summed E-state index contributed by atoms with van der Waals surface area (Å²) in [5.41, 5.74) is -1.12. The average Bonchev–Trinajstić information content (AvgIpc) is 2.30. The van der Waals surface area contributed by atoms with Crippen LogP contribution in [0.3, 0.4) is 0 Å². The minimum absolute atomic E-state index is 0.0756. The molecule has 1 atom stereocenters. The van der Waals surface area contributed by atoms with E-state index in [0.29, 0.717) is 6.42 Å². The number of anilines is 1. The van der Waals surface area contributed by atoms with Crippen LogP contribution in [-0.4, -0.2) is 22.2 Å². The highest BCUT2D eigenvalue weighted by molar-refractivity contribution is 14.1. The van der Waals surface area contributed by atoms with Crippen LogP contribution in [0.1, 0.15) is 20.3 Å². The van der Waals surface area contributed by atoms with Crippen molar-refractivity contribution in [2.24, 2.45) is 0 Å². The molecule has 0 saturated carbocycles. The van der Waals surface area contributed by atoms with Gasteiger partial charge in [-0.1, -0.05) is 6.92 Å². The molecule has 0 aromatic heterocycles. The van der Waals surface area contributed by atoms with Gasteiger partial charge in [0, 0.05) is 18.7 Å². The minimum atomic E-state index is -0.993. The number of hydrogen-bond donors (Lipinski definition) is 2. The molecule has 0 fully saturated rings. The maximum Gasteiger partial charge on any atom is 0.293 e.